The van der Waals surface area contributed by atoms with Crippen molar-refractivity contribution in [2.24, 2.45) is 10.7 Å². The van der Waals surface area contributed by atoms with Crippen LogP contribution in [0.4, 0.5) is 4.79 Å². The van der Waals surface area contributed by atoms with Gasteiger partial charge in [0, 0.05) is 32.0 Å². The third-order valence-electron chi connectivity index (χ3n) is 2.56. The Balaban J connectivity index is 4.16. The summed E-state index contributed by atoms with van der Waals surface area (Å²) in [7, 11) is 1.68. The average Bonchev–Trinajstić information content (AvgIpc) is 2.34. The van der Waals surface area contributed by atoms with Crippen molar-refractivity contribution in [3.05, 3.63) is 11.9 Å². The first-order chi connectivity index (χ1) is 9.78. The average molecular weight is 298 g/mol. The largest absolute Gasteiger partial charge is 0.444 e. The minimum atomic E-state index is -0.470. The zero-order valence-corrected chi connectivity index (χ0v) is 13.9. The number of ether oxygens (including phenoxy) is 1. The highest BCUT2D eigenvalue weighted by Crippen LogP contribution is 2.07. The van der Waals surface area contributed by atoms with Gasteiger partial charge < -0.3 is 21.1 Å². The van der Waals surface area contributed by atoms with Gasteiger partial charge in [-0.1, -0.05) is 13.3 Å². The molecule has 6 nitrogen and oxygen atoms in total. The van der Waals surface area contributed by atoms with Gasteiger partial charge in [0.05, 0.1) is 5.70 Å². The third kappa shape index (κ3) is 11.8. The first-order valence-electron chi connectivity index (χ1n) is 7.39. The highest BCUT2D eigenvalue weighted by atomic mass is 16.6. The topological polar surface area (TPSA) is 88.7 Å². The van der Waals surface area contributed by atoms with Gasteiger partial charge in [-0.3, -0.25) is 4.99 Å². The van der Waals surface area contributed by atoms with E-state index in [0.29, 0.717) is 12.2 Å². The van der Waals surface area contributed by atoms with Gasteiger partial charge in [-0.25, -0.2) is 4.79 Å². The monoisotopic (exact) mass is 298 g/mol. The Hall–Kier alpha value is -1.72. The summed E-state index contributed by atoms with van der Waals surface area (Å²) in [5.41, 5.74) is 5.85. The number of amides is 1. The van der Waals surface area contributed by atoms with Crippen molar-refractivity contribution in [1.82, 2.24) is 10.6 Å². The molecule has 0 rings (SSSR count). The van der Waals surface area contributed by atoms with E-state index in [1.54, 1.807) is 19.5 Å². The van der Waals surface area contributed by atoms with E-state index in [4.69, 9.17) is 10.5 Å². The third-order valence-corrected chi connectivity index (χ3v) is 2.56. The van der Waals surface area contributed by atoms with Crippen molar-refractivity contribution >= 4 is 12.3 Å². The van der Waals surface area contributed by atoms with Crippen molar-refractivity contribution in [2.75, 3.05) is 13.6 Å². The quantitative estimate of drug-likeness (QED) is 0.599. The smallest absolute Gasteiger partial charge is 0.407 e. The number of allylic oxidation sites excluding steroid dienone is 1. The lowest BCUT2D eigenvalue weighted by Crippen LogP contribution is -2.36. The maximum absolute atomic E-state index is 11.5. The van der Waals surface area contributed by atoms with Gasteiger partial charge in [-0.2, -0.15) is 0 Å². The Morgan fingerprint density at radius 1 is 1.38 bits per heavy atom. The minimum absolute atomic E-state index is 0.258. The summed E-state index contributed by atoms with van der Waals surface area (Å²) in [6.45, 7) is 8.21. The van der Waals surface area contributed by atoms with Gasteiger partial charge in [0.1, 0.15) is 5.60 Å². The van der Waals surface area contributed by atoms with Crippen LogP contribution in [-0.2, 0) is 4.74 Å². The van der Waals surface area contributed by atoms with E-state index in [9.17, 15) is 4.79 Å². The van der Waals surface area contributed by atoms with Crippen LogP contribution in [0.2, 0.25) is 0 Å². The van der Waals surface area contributed by atoms with Gasteiger partial charge in [0.25, 0.3) is 0 Å². The van der Waals surface area contributed by atoms with E-state index >= 15 is 0 Å². The van der Waals surface area contributed by atoms with Gasteiger partial charge >= 0.3 is 6.09 Å². The normalized spacial score (nSPS) is 14.0. The van der Waals surface area contributed by atoms with Crippen LogP contribution in [0.1, 0.15) is 47.0 Å². The van der Waals surface area contributed by atoms with E-state index in [0.717, 1.165) is 19.3 Å². The van der Waals surface area contributed by atoms with Gasteiger partial charge in [-0.05, 0) is 33.6 Å². The molecule has 21 heavy (non-hydrogen) atoms. The lowest BCUT2D eigenvalue weighted by atomic mass is 10.1. The van der Waals surface area contributed by atoms with E-state index in [1.165, 1.54) is 0 Å². The van der Waals surface area contributed by atoms with Crippen LogP contribution in [-0.4, -0.2) is 37.5 Å². The Morgan fingerprint density at radius 2 is 2.05 bits per heavy atom. The maximum Gasteiger partial charge on any atom is 0.407 e. The van der Waals surface area contributed by atoms with Crippen LogP contribution in [0.5, 0.6) is 0 Å². The molecule has 1 unspecified atom stereocenters. The zero-order valence-electron chi connectivity index (χ0n) is 13.9. The van der Waals surface area contributed by atoms with Crippen molar-refractivity contribution < 1.29 is 9.53 Å². The molecule has 0 aromatic rings. The Morgan fingerprint density at radius 3 is 2.57 bits per heavy atom. The fourth-order valence-corrected chi connectivity index (χ4v) is 1.72. The lowest BCUT2D eigenvalue weighted by Gasteiger charge is -2.21. The fourth-order valence-electron chi connectivity index (χ4n) is 1.72. The Bertz CT molecular complexity index is 359. The second-order valence-electron chi connectivity index (χ2n) is 5.90. The van der Waals surface area contributed by atoms with E-state index in [1.807, 2.05) is 20.8 Å². The van der Waals surface area contributed by atoms with E-state index < -0.39 is 5.60 Å². The number of carbonyl (C=O) groups is 1. The molecule has 1 atom stereocenters. The highest BCUT2D eigenvalue weighted by molar-refractivity contribution is 5.76. The van der Waals surface area contributed by atoms with Crippen molar-refractivity contribution in [3.8, 4) is 0 Å². The highest BCUT2D eigenvalue weighted by Gasteiger charge is 2.16. The molecule has 122 valence electrons. The van der Waals surface area contributed by atoms with Crippen LogP contribution >= 0.6 is 0 Å². The number of nitrogens with two attached hydrogens (primary N) is 1. The van der Waals surface area contributed by atoms with Crippen LogP contribution in [0, 0.1) is 0 Å². The van der Waals surface area contributed by atoms with Crippen LogP contribution in [0.25, 0.3) is 0 Å². The SMILES string of the molecule is CCCC(CCNC(=O)OC(C)(C)C)N/C=C(N)\C=N/C. The summed E-state index contributed by atoms with van der Waals surface area (Å²) < 4.78 is 5.19. The second kappa shape index (κ2) is 10.1. The molecule has 0 bridgehead atoms. The summed E-state index contributed by atoms with van der Waals surface area (Å²) in [5.74, 6) is 0. The summed E-state index contributed by atoms with van der Waals surface area (Å²) in [6.07, 6.45) is 5.82. The van der Waals surface area contributed by atoms with E-state index in [-0.39, 0.29) is 12.1 Å². The first-order valence-corrected chi connectivity index (χ1v) is 7.39. The molecule has 0 saturated heterocycles. The Kier molecular flexibility index (Phi) is 9.25. The molecule has 0 spiro atoms. The zero-order chi connectivity index (χ0) is 16.3. The Labute approximate surface area is 128 Å². The number of aliphatic imine (C=N–C) groups is 1. The number of nitrogens with zero attached hydrogens (tertiary/aromatic N) is 1. The molecular formula is C15H30N4O2. The molecule has 0 fully saturated rings. The fraction of sp³-hybridized carbons (Fsp3) is 0.733. The second-order valence-corrected chi connectivity index (χ2v) is 5.90. The molecule has 0 aliphatic heterocycles. The van der Waals surface area contributed by atoms with Gasteiger partial charge in [-0.15, -0.1) is 0 Å². The molecular weight excluding hydrogens is 268 g/mol. The maximum atomic E-state index is 11.5. The number of hydrogen-bond acceptors (Lipinski definition) is 5. The summed E-state index contributed by atoms with van der Waals surface area (Å²) >= 11 is 0. The van der Waals surface area contributed by atoms with Crippen LogP contribution in [0.15, 0.2) is 16.9 Å². The standard InChI is InChI=1S/C15H30N4O2/c1-6-7-13(19-11-12(16)10-17-5)8-9-18-14(20)21-15(2,3)4/h10-11,13,19H,6-9,16H2,1-5H3,(H,18,20)/b12-11+,17-10-. The summed E-state index contributed by atoms with van der Waals surface area (Å²) in [4.78, 5) is 15.4. The summed E-state index contributed by atoms with van der Waals surface area (Å²) in [5, 5.41) is 6.02. The predicted octanol–water partition coefficient (Wildman–Crippen LogP) is 2.16. The van der Waals surface area contributed by atoms with Crippen molar-refractivity contribution in [3.63, 3.8) is 0 Å². The van der Waals surface area contributed by atoms with E-state index in [2.05, 4.69) is 22.5 Å². The molecule has 1 amide bonds. The number of alkyl carbamates (subject to hydrolysis) is 1. The molecule has 6 heteroatoms. The molecule has 0 aliphatic carbocycles. The molecule has 0 aromatic heterocycles. The lowest BCUT2D eigenvalue weighted by molar-refractivity contribution is 0.0526. The summed E-state index contributed by atoms with van der Waals surface area (Å²) in [6, 6.07) is 0.258. The number of hydrogen-bond donors (Lipinski definition) is 3. The van der Waals surface area contributed by atoms with Crippen molar-refractivity contribution in [1.29, 1.82) is 0 Å². The molecule has 0 aliphatic rings. The number of carbonyl (C=O) groups excluding carboxylic acids is 1. The van der Waals surface area contributed by atoms with Gasteiger partial charge in [0.15, 0.2) is 0 Å². The predicted molar refractivity (Wildman–Crippen MR) is 87.4 cm³/mol. The van der Waals surface area contributed by atoms with Crippen molar-refractivity contribution in [2.45, 2.75) is 58.6 Å². The molecule has 4 N–H and O–H groups in total. The molecule has 0 aromatic carbocycles. The molecule has 0 saturated carbocycles. The van der Waals surface area contributed by atoms with Crippen LogP contribution < -0.4 is 16.4 Å². The molecule has 0 radical (unpaired) electrons. The minimum Gasteiger partial charge on any atom is -0.444 e. The van der Waals surface area contributed by atoms with Crippen LogP contribution in [0.3, 0.4) is 0 Å². The first kappa shape index (κ1) is 19.3. The molecule has 0 heterocycles. The number of rotatable bonds is 8. The van der Waals surface area contributed by atoms with Gasteiger partial charge in [0.2, 0.25) is 0 Å². The number of nitrogens with one attached hydrogen (secondary N) is 2.